The van der Waals surface area contributed by atoms with E-state index in [1.54, 1.807) is 19.1 Å². The molecule has 9 heteroatoms. The number of rotatable bonds is 8. The summed E-state index contributed by atoms with van der Waals surface area (Å²) in [5.74, 6) is -0.209. The lowest BCUT2D eigenvalue weighted by molar-refractivity contribution is -0.131. The van der Waals surface area contributed by atoms with E-state index < -0.39 is 30.1 Å². The van der Waals surface area contributed by atoms with Gasteiger partial charge in [-0.3, -0.25) is 9.59 Å². The molecule has 1 aromatic carbocycles. The molecule has 1 aliphatic rings. The lowest BCUT2D eigenvalue weighted by atomic mass is 9.89. The van der Waals surface area contributed by atoms with Crippen LogP contribution in [0.1, 0.15) is 37.7 Å². The maximum absolute atomic E-state index is 12.3. The molecule has 1 fully saturated rings. The molecule has 1 heterocycles. The Morgan fingerprint density at radius 2 is 2.03 bits per heavy atom. The van der Waals surface area contributed by atoms with Crippen LogP contribution >= 0.6 is 11.6 Å². The number of aliphatic hydroxyl groups excluding tert-OH is 1. The van der Waals surface area contributed by atoms with Gasteiger partial charge in [0.05, 0.1) is 6.61 Å². The Morgan fingerprint density at radius 1 is 1.29 bits per heavy atom. The van der Waals surface area contributed by atoms with E-state index in [9.17, 15) is 19.5 Å². The van der Waals surface area contributed by atoms with E-state index in [1.807, 2.05) is 0 Å². The molecule has 3 rings (SSSR count). The van der Waals surface area contributed by atoms with Crippen LogP contribution in [0.3, 0.4) is 0 Å². The summed E-state index contributed by atoms with van der Waals surface area (Å²) < 4.78 is 10.6. The second kappa shape index (κ2) is 10.6. The third-order valence-electron chi connectivity index (χ3n) is 5.56. The molecule has 0 spiro atoms. The van der Waals surface area contributed by atoms with Crippen molar-refractivity contribution in [3.8, 4) is 5.75 Å². The number of ether oxygens (including phenoxy) is 1. The predicted molar refractivity (Wildman–Crippen MR) is 116 cm³/mol. The molecular formula is C22H27ClN2O6. The van der Waals surface area contributed by atoms with Gasteiger partial charge in [0.25, 0.3) is 5.91 Å². The molecule has 1 unspecified atom stereocenters. The summed E-state index contributed by atoms with van der Waals surface area (Å²) in [5, 5.41) is 15.5. The molecule has 1 atom stereocenters. The zero-order chi connectivity index (χ0) is 22.4. The molecular weight excluding hydrogens is 424 g/mol. The number of carbonyl (C=O) groups is 2. The quantitative estimate of drug-likeness (QED) is 0.531. The van der Waals surface area contributed by atoms with Gasteiger partial charge in [-0.05, 0) is 43.4 Å². The number of fused-ring (bicyclic) bond motifs is 1. The Morgan fingerprint density at radius 3 is 2.74 bits per heavy atom. The van der Waals surface area contributed by atoms with Crippen molar-refractivity contribution >= 4 is 34.4 Å². The molecule has 1 aromatic heterocycles. The maximum atomic E-state index is 12.3. The topological polar surface area (TPSA) is 118 Å². The fourth-order valence-corrected chi connectivity index (χ4v) is 3.88. The van der Waals surface area contributed by atoms with Crippen molar-refractivity contribution in [3.63, 3.8) is 0 Å². The number of hydrogen-bond donors (Lipinski definition) is 3. The van der Waals surface area contributed by atoms with E-state index in [2.05, 4.69) is 10.6 Å². The number of carbonyl (C=O) groups excluding carboxylic acids is 2. The summed E-state index contributed by atoms with van der Waals surface area (Å²) in [6.07, 6.45) is 5.74. The molecule has 2 aromatic rings. The van der Waals surface area contributed by atoms with Crippen molar-refractivity contribution in [1.29, 1.82) is 0 Å². The summed E-state index contributed by atoms with van der Waals surface area (Å²) in [5.41, 5.74) is 0.244. The molecule has 0 saturated heterocycles. The van der Waals surface area contributed by atoms with Crippen molar-refractivity contribution in [2.75, 3.05) is 19.8 Å². The van der Waals surface area contributed by atoms with Crippen LogP contribution in [-0.4, -0.2) is 42.7 Å². The molecule has 8 nitrogen and oxygen atoms in total. The van der Waals surface area contributed by atoms with Crippen molar-refractivity contribution in [2.45, 2.75) is 45.1 Å². The molecule has 31 heavy (non-hydrogen) atoms. The molecule has 2 amide bonds. The van der Waals surface area contributed by atoms with Crippen LogP contribution in [0.15, 0.2) is 27.4 Å². The van der Waals surface area contributed by atoms with Crippen LogP contribution in [0.2, 0.25) is 5.02 Å². The molecule has 1 saturated carbocycles. The second-order valence-electron chi connectivity index (χ2n) is 7.83. The molecule has 168 valence electrons. The largest absolute Gasteiger partial charge is 0.484 e. The minimum atomic E-state index is -1.04. The highest BCUT2D eigenvalue weighted by molar-refractivity contribution is 6.31. The Hall–Kier alpha value is -2.58. The average molecular weight is 451 g/mol. The highest BCUT2D eigenvalue weighted by Gasteiger charge is 2.22. The molecule has 0 aliphatic heterocycles. The monoisotopic (exact) mass is 450 g/mol. The zero-order valence-corrected chi connectivity index (χ0v) is 18.2. The van der Waals surface area contributed by atoms with Gasteiger partial charge in [0.1, 0.15) is 22.4 Å². The minimum absolute atomic E-state index is 0.0253. The summed E-state index contributed by atoms with van der Waals surface area (Å²) in [4.78, 5) is 36.2. The average Bonchev–Trinajstić information content (AvgIpc) is 2.78. The molecule has 0 bridgehead atoms. The first kappa shape index (κ1) is 23.1. The predicted octanol–water partition coefficient (Wildman–Crippen LogP) is 2.31. The number of amides is 2. The van der Waals surface area contributed by atoms with E-state index in [-0.39, 0.29) is 11.6 Å². The van der Waals surface area contributed by atoms with Gasteiger partial charge < -0.3 is 24.9 Å². The lowest BCUT2D eigenvalue weighted by Crippen LogP contribution is -2.50. The van der Waals surface area contributed by atoms with Crippen molar-refractivity contribution < 1.29 is 23.8 Å². The van der Waals surface area contributed by atoms with E-state index >= 15 is 0 Å². The summed E-state index contributed by atoms with van der Waals surface area (Å²) in [6, 6.07) is 3.76. The minimum Gasteiger partial charge on any atom is -0.484 e. The van der Waals surface area contributed by atoms with E-state index in [1.165, 1.54) is 25.3 Å². The number of nitrogens with one attached hydrogen (secondary N) is 2. The fraction of sp³-hybridized carbons (Fsp3) is 0.500. The number of aliphatic hydroxyl groups is 1. The Bertz CT molecular complexity index is 999. The number of hydrogen-bond acceptors (Lipinski definition) is 6. The highest BCUT2D eigenvalue weighted by atomic mass is 35.5. The van der Waals surface area contributed by atoms with Gasteiger partial charge >= 0.3 is 5.63 Å². The molecule has 1 aliphatic carbocycles. The van der Waals surface area contributed by atoms with Gasteiger partial charge in [0, 0.05) is 18.0 Å². The van der Waals surface area contributed by atoms with Gasteiger partial charge in [-0.25, -0.2) is 4.79 Å². The highest BCUT2D eigenvalue weighted by Crippen LogP contribution is 2.26. The van der Waals surface area contributed by atoms with Gasteiger partial charge in [-0.15, -0.1) is 0 Å². The van der Waals surface area contributed by atoms with Crippen molar-refractivity contribution in [1.82, 2.24) is 10.6 Å². The first-order valence-electron chi connectivity index (χ1n) is 10.4. The summed E-state index contributed by atoms with van der Waals surface area (Å²) in [7, 11) is 0. The Labute approximate surface area is 184 Å². The summed E-state index contributed by atoms with van der Waals surface area (Å²) in [6.45, 7) is 1.38. The standard InChI is InChI=1S/C22H27ClN2O6/c1-13-16-8-7-15(9-18(16)31-22(29)20(13)23)30-12-19(27)25-17(11-26)21(28)24-10-14-5-3-2-4-6-14/h7-9,14,17,26H,2-6,10-12H2,1H3,(H,24,28)(H,25,27). The van der Waals surface area contributed by atoms with Gasteiger partial charge in [-0.2, -0.15) is 0 Å². The molecule has 0 radical (unpaired) electrons. The first-order valence-corrected chi connectivity index (χ1v) is 10.8. The third kappa shape index (κ3) is 5.98. The SMILES string of the molecule is Cc1c(Cl)c(=O)oc2cc(OCC(=O)NC(CO)C(=O)NCC3CCCCC3)ccc12. The van der Waals surface area contributed by atoms with Crippen molar-refractivity contribution in [2.24, 2.45) is 5.92 Å². The Balaban J connectivity index is 1.52. The second-order valence-corrected chi connectivity index (χ2v) is 8.20. The lowest BCUT2D eigenvalue weighted by Gasteiger charge is -2.23. The molecule has 3 N–H and O–H groups in total. The Kier molecular flexibility index (Phi) is 7.92. The summed E-state index contributed by atoms with van der Waals surface area (Å²) >= 11 is 5.91. The van der Waals surface area contributed by atoms with Crippen LogP contribution < -0.4 is 21.0 Å². The van der Waals surface area contributed by atoms with Crippen LogP contribution in [0, 0.1) is 12.8 Å². The number of halogens is 1. The smallest absolute Gasteiger partial charge is 0.355 e. The van der Waals surface area contributed by atoms with Crippen molar-refractivity contribution in [3.05, 3.63) is 39.2 Å². The zero-order valence-electron chi connectivity index (χ0n) is 17.4. The van der Waals surface area contributed by atoms with E-state index in [0.29, 0.717) is 34.7 Å². The van der Waals surface area contributed by atoms with E-state index in [0.717, 1.165) is 12.8 Å². The number of benzene rings is 1. The van der Waals surface area contributed by atoms with E-state index in [4.69, 9.17) is 20.8 Å². The van der Waals surface area contributed by atoms with Crippen LogP contribution in [0.25, 0.3) is 11.0 Å². The van der Waals surface area contributed by atoms with Gasteiger partial charge in [0.2, 0.25) is 5.91 Å². The number of aryl methyl sites for hydroxylation is 1. The normalized spacial score (nSPS) is 15.5. The third-order valence-corrected chi connectivity index (χ3v) is 6.00. The maximum Gasteiger partial charge on any atom is 0.355 e. The van der Waals surface area contributed by atoms with Crippen LogP contribution in [-0.2, 0) is 9.59 Å². The van der Waals surface area contributed by atoms with Crippen LogP contribution in [0.4, 0.5) is 0 Å². The van der Waals surface area contributed by atoms with Gasteiger partial charge in [-0.1, -0.05) is 30.9 Å². The first-order chi connectivity index (χ1) is 14.9. The fourth-order valence-electron chi connectivity index (χ4n) is 3.74. The van der Waals surface area contributed by atoms with Gasteiger partial charge in [0.15, 0.2) is 6.61 Å². The van der Waals surface area contributed by atoms with Crippen LogP contribution in [0.5, 0.6) is 5.75 Å².